The van der Waals surface area contributed by atoms with Crippen LogP contribution in [0.5, 0.6) is 0 Å². The molecule has 1 aliphatic carbocycles. The maximum Gasteiger partial charge on any atom is 0.227 e. The van der Waals surface area contributed by atoms with Crippen molar-refractivity contribution in [1.82, 2.24) is 4.90 Å². The summed E-state index contributed by atoms with van der Waals surface area (Å²) in [5.41, 5.74) is 0.926. The quantitative estimate of drug-likeness (QED) is 0.265. The van der Waals surface area contributed by atoms with Gasteiger partial charge in [-0.05, 0) is 88.5 Å². The van der Waals surface area contributed by atoms with E-state index in [0.717, 1.165) is 29.7 Å². The minimum atomic E-state index is -1.01. The average molecular weight is 671 g/mol. The van der Waals surface area contributed by atoms with Crippen LogP contribution in [0.25, 0.3) is 0 Å². The predicted molar refractivity (Wildman–Crippen MR) is 208 cm³/mol. The largest absolute Gasteiger partial charge is 0.386 e. The summed E-state index contributed by atoms with van der Waals surface area (Å²) in [6.07, 6.45) is 15.8. The number of rotatable bonds is 9. The maximum atomic E-state index is 13.1. The van der Waals surface area contributed by atoms with Crippen LogP contribution in [0, 0.1) is 41.8 Å². The highest BCUT2D eigenvalue weighted by Gasteiger charge is 2.21. The molecule has 1 aliphatic rings. The Morgan fingerprint density at radius 1 is 1.04 bits per heavy atom. The van der Waals surface area contributed by atoms with Gasteiger partial charge in [0.25, 0.3) is 0 Å². The van der Waals surface area contributed by atoms with E-state index in [9.17, 15) is 14.3 Å². The summed E-state index contributed by atoms with van der Waals surface area (Å²) in [6.45, 7) is 30.2. The van der Waals surface area contributed by atoms with Gasteiger partial charge in [-0.1, -0.05) is 100 Å². The van der Waals surface area contributed by atoms with Crippen LogP contribution >= 0.6 is 0 Å². The second-order valence-electron chi connectivity index (χ2n) is 13.2. The normalized spacial score (nSPS) is 17.3. The molecule has 0 spiro atoms. The number of nitriles is 1. The molecule has 0 aromatic heterocycles. The lowest BCUT2D eigenvalue weighted by Gasteiger charge is -2.29. The minimum absolute atomic E-state index is 0.0246. The molecule has 2 unspecified atom stereocenters. The minimum Gasteiger partial charge on any atom is -0.386 e. The van der Waals surface area contributed by atoms with Gasteiger partial charge in [-0.2, -0.15) is 5.26 Å². The first-order valence-electron chi connectivity index (χ1n) is 18.0. The zero-order chi connectivity index (χ0) is 37.9. The standard InChI is InChI=1S/C14H24N2O2.C10H9FN2.C9H18.2C4H10/c1-7-9-13(17)16(6)12(8-2)15-10-11(3)14(4,5)18;1-3-13-10-5-9(11)8(6-12)4-7(10)2;1-7-4-5-8(2)9(3)6-7;2*1-3-4-2/h8,10,18H,3,7,9H2,1-2,4-6H3;3-5H,1-2H3;7-9H,4-6H2,1-3H3;2*3-4H2,1-2H3/b12-8+,15-10-;;;;/t;;7?,8-,9?;;/m..0../s1. The van der Waals surface area contributed by atoms with Crippen molar-refractivity contribution in [3.8, 4) is 6.07 Å². The fourth-order valence-corrected chi connectivity index (χ4v) is 4.02. The van der Waals surface area contributed by atoms with Gasteiger partial charge in [0.15, 0.2) is 0 Å². The van der Waals surface area contributed by atoms with Crippen molar-refractivity contribution in [3.05, 3.63) is 53.1 Å². The molecule has 1 aromatic carbocycles. The topological polar surface area (TPSA) is 89.1 Å². The van der Waals surface area contributed by atoms with E-state index in [4.69, 9.17) is 5.26 Å². The molecule has 0 saturated heterocycles. The molecular formula is C41H71FN4O2. The summed E-state index contributed by atoms with van der Waals surface area (Å²) in [5.74, 6) is 3.02. The number of allylic oxidation sites excluding steroid dienone is 1. The Hall–Kier alpha value is -3.11. The average Bonchev–Trinajstić information content (AvgIpc) is 3.05. The van der Waals surface area contributed by atoms with Crippen LogP contribution in [-0.2, 0) is 4.79 Å². The lowest BCUT2D eigenvalue weighted by molar-refractivity contribution is -0.128. The SMILES string of the molecule is C=C(/C=N\C(=C/C)N(C)C(=O)CCC)C(C)(C)O.CC1CC[C@H](C)C(C)C1.CC=Nc1cc(F)c(C#N)cc1C.CCCC.CCCC. The second-order valence-corrected chi connectivity index (χ2v) is 13.2. The summed E-state index contributed by atoms with van der Waals surface area (Å²) in [5, 5.41) is 18.2. The molecule has 7 heteroatoms. The highest BCUT2D eigenvalue weighted by atomic mass is 19.1. The number of unbranched alkanes of at least 4 members (excludes halogenated alkanes) is 2. The molecule has 0 aliphatic heterocycles. The maximum absolute atomic E-state index is 13.1. The van der Waals surface area contributed by atoms with Gasteiger partial charge in [0.05, 0.1) is 16.9 Å². The summed E-state index contributed by atoms with van der Waals surface area (Å²) < 4.78 is 13.1. The number of aliphatic hydroxyl groups is 1. The third-order valence-corrected chi connectivity index (χ3v) is 8.11. The first-order chi connectivity index (χ1) is 22.4. The first kappa shape index (κ1) is 49.3. The van der Waals surface area contributed by atoms with Crippen molar-refractivity contribution < 1.29 is 14.3 Å². The summed E-state index contributed by atoms with van der Waals surface area (Å²) >= 11 is 0. The van der Waals surface area contributed by atoms with Crippen molar-refractivity contribution in [2.45, 2.75) is 153 Å². The van der Waals surface area contributed by atoms with E-state index in [1.54, 1.807) is 53.1 Å². The molecule has 0 heterocycles. The van der Waals surface area contributed by atoms with Crippen LogP contribution in [0.2, 0.25) is 0 Å². The number of carbonyl (C=O) groups excluding carboxylic acids is 1. The van der Waals surface area contributed by atoms with Crippen molar-refractivity contribution >= 4 is 24.0 Å². The number of hydrogen-bond donors (Lipinski definition) is 1. The molecule has 1 saturated carbocycles. The van der Waals surface area contributed by atoms with Gasteiger partial charge in [-0.3, -0.25) is 9.79 Å². The molecule has 0 radical (unpaired) electrons. The lowest BCUT2D eigenvalue weighted by atomic mass is 9.77. The van der Waals surface area contributed by atoms with Crippen LogP contribution < -0.4 is 0 Å². The van der Waals surface area contributed by atoms with E-state index in [-0.39, 0.29) is 11.5 Å². The summed E-state index contributed by atoms with van der Waals surface area (Å²) in [4.78, 5) is 21.4. The van der Waals surface area contributed by atoms with Crippen LogP contribution in [-0.4, -0.2) is 41.0 Å². The number of nitrogens with zero attached hydrogens (tertiary/aromatic N) is 4. The monoisotopic (exact) mass is 671 g/mol. The number of halogens is 1. The van der Waals surface area contributed by atoms with E-state index >= 15 is 0 Å². The molecule has 1 aromatic rings. The molecule has 1 fully saturated rings. The number of carbonyl (C=O) groups is 1. The van der Waals surface area contributed by atoms with E-state index in [1.807, 2.05) is 13.8 Å². The van der Waals surface area contributed by atoms with Gasteiger partial charge >= 0.3 is 0 Å². The molecule has 3 atom stereocenters. The van der Waals surface area contributed by atoms with Crippen LogP contribution in [0.15, 0.2) is 46.2 Å². The zero-order valence-electron chi connectivity index (χ0n) is 33.2. The zero-order valence-corrected chi connectivity index (χ0v) is 33.2. The number of aryl methyl sites for hydroxylation is 1. The van der Waals surface area contributed by atoms with E-state index in [1.165, 1.54) is 68.2 Å². The molecule has 6 nitrogen and oxygen atoms in total. The number of hydrogen-bond acceptors (Lipinski definition) is 5. The highest BCUT2D eigenvalue weighted by molar-refractivity contribution is 5.82. The summed E-state index contributed by atoms with van der Waals surface area (Å²) in [6, 6.07) is 4.55. The Morgan fingerprint density at radius 3 is 1.96 bits per heavy atom. The number of benzene rings is 1. The summed E-state index contributed by atoms with van der Waals surface area (Å²) in [7, 11) is 1.69. The number of aliphatic imine (C=N–C) groups is 2. The lowest BCUT2D eigenvalue weighted by Crippen LogP contribution is -2.26. The van der Waals surface area contributed by atoms with Crippen LogP contribution in [0.4, 0.5) is 10.1 Å². The predicted octanol–water partition coefficient (Wildman–Crippen LogP) is 11.9. The molecule has 2 rings (SSSR count). The Morgan fingerprint density at radius 2 is 1.58 bits per heavy atom. The molecule has 274 valence electrons. The van der Waals surface area contributed by atoms with Crippen LogP contribution in [0.3, 0.4) is 0 Å². The van der Waals surface area contributed by atoms with E-state index < -0.39 is 11.4 Å². The molecule has 1 amide bonds. The van der Waals surface area contributed by atoms with Gasteiger partial charge < -0.3 is 10.0 Å². The van der Waals surface area contributed by atoms with Crippen molar-refractivity contribution in [2.24, 2.45) is 27.7 Å². The highest BCUT2D eigenvalue weighted by Crippen LogP contribution is 2.32. The van der Waals surface area contributed by atoms with Gasteiger partial charge in [0, 0.05) is 32.0 Å². The van der Waals surface area contributed by atoms with E-state index in [2.05, 4.69) is 65.0 Å². The molecular weight excluding hydrogens is 599 g/mol. The Labute approximate surface area is 295 Å². The number of amides is 1. The molecule has 48 heavy (non-hydrogen) atoms. The Bertz CT molecular complexity index is 1150. The van der Waals surface area contributed by atoms with Gasteiger partial charge in [0.2, 0.25) is 5.91 Å². The second kappa shape index (κ2) is 28.9. The fourth-order valence-electron chi connectivity index (χ4n) is 4.02. The smallest absolute Gasteiger partial charge is 0.227 e. The van der Waals surface area contributed by atoms with Gasteiger partial charge in [-0.15, -0.1) is 0 Å². The fraction of sp³-hybridized carbons (Fsp3) is 0.659. The molecule has 1 N–H and O–H groups in total. The Balaban J connectivity index is -0.000000587. The van der Waals surface area contributed by atoms with Crippen LogP contribution in [0.1, 0.15) is 152 Å². The first-order valence-corrected chi connectivity index (χ1v) is 18.0. The van der Waals surface area contributed by atoms with Crippen molar-refractivity contribution in [1.29, 1.82) is 5.26 Å². The van der Waals surface area contributed by atoms with Crippen molar-refractivity contribution in [3.63, 3.8) is 0 Å². The van der Waals surface area contributed by atoms with Crippen molar-refractivity contribution in [2.75, 3.05) is 7.05 Å². The van der Waals surface area contributed by atoms with E-state index in [0.29, 0.717) is 23.5 Å². The van der Waals surface area contributed by atoms with Gasteiger partial charge in [0.1, 0.15) is 17.7 Å². The Kier molecular flexibility index (Phi) is 29.6. The third kappa shape index (κ3) is 23.3. The van der Waals surface area contributed by atoms with Gasteiger partial charge in [-0.25, -0.2) is 9.38 Å². The molecule has 0 bridgehead atoms. The third-order valence-electron chi connectivity index (χ3n) is 8.11.